The highest BCUT2D eigenvalue weighted by atomic mass is 32.2. The SMILES string of the molecule is CC(C)NCCCc1nnc(C2Cc3ccccc3S2)s1. The van der Waals surface area contributed by atoms with Gasteiger partial charge in [0.05, 0.1) is 5.25 Å². The standard InChI is InChI=1S/C16H21N3S2/c1-11(2)17-9-5-8-15-18-19-16(21-15)14-10-12-6-3-4-7-13(12)20-14/h3-4,6-7,11,14,17H,5,8-10H2,1-2H3. The van der Waals surface area contributed by atoms with E-state index < -0.39 is 0 Å². The molecule has 0 fully saturated rings. The maximum Gasteiger partial charge on any atom is 0.131 e. The highest BCUT2D eigenvalue weighted by Gasteiger charge is 2.26. The number of thioether (sulfide) groups is 1. The van der Waals surface area contributed by atoms with Crippen LogP contribution in [0.25, 0.3) is 0 Å². The highest BCUT2D eigenvalue weighted by molar-refractivity contribution is 8.00. The van der Waals surface area contributed by atoms with Gasteiger partial charge in [-0.1, -0.05) is 32.0 Å². The number of benzene rings is 1. The smallest absolute Gasteiger partial charge is 0.131 e. The molecule has 3 nitrogen and oxygen atoms in total. The predicted molar refractivity (Wildman–Crippen MR) is 90.1 cm³/mol. The molecule has 5 heteroatoms. The average Bonchev–Trinajstić information content (AvgIpc) is 3.09. The molecule has 0 saturated carbocycles. The third-order valence-electron chi connectivity index (χ3n) is 3.53. The van der Waals surface area contributed by atoms with Crippen molar-refractivity contribution in [3.8, 4) is 0 Å². The Kier molecular flexibility index (Phi) is 4.93. The van der Waals surface area contributed by atoms with Gasteiger partial charge in [-0.3, -0.25) is 0 Å². The molecule has 3 rings (SSSR count). The first-order valence-corrected chi connectivity index (χ1v) is 9.22. The molecule has 1 atom stereocenters. The van der Waals surface area contributed by atoms with Crippen molar-refractivity contribution in [2.75, 3.05) is 6.54 Å². The molecule has 0 spiro atoms. The summed E-state index contributed by atoms with van der Waals surface area (Å²) in [5.41, 5.74) is 1.45. The zero-order valence-electron chi connectivity index (χ0n) is 12.5. The number of aryl methyl sites for hydroxylation is 1. The zero-order chi connectivity index (χ0) is 14.7. The van der Waals surface area contributed by atoms with Crippen LogP contribution in [0.5, 0.6) is 0 Å². The Labute approximate surface area is 134 Å². The van der Waals surface area contributed by atoms with Gasteiger partial charge in [-0.25, -0.2) is 0 Å². The van der Waals surface area contributed by atoms with Gasteiger partial charge in [-0.2, -0.15) is 0 Å². The van der Waals surface area contributed by atoms with Gasteiger partial charge in [0.25, 0.3) is 0 Å². The molecule has 112 valence electrons. The van der Waals surface area contributed by atoms with Crippen LogP contribution in [0.4, 0.5) is 0 Å². The summed E-state index contributed by atoms with van der Waals surface area (Å²) in [4.78, 5) is 1.40. The van der Waals surface area contributed by atoms with Gasteiger partial charge in [0, 0.05) is 17.4 Å². The van der Waals surface area contributed by atoms with E-state index in [1.54, 1.807) is 11.3 Å². The molecule has 2 aromatic rings. The second-order valence-corrected chi connectivity index (χ2v) is 8.00. The summed E-state index contributed by atoms with van der Waals surface area (Å²) in [6, 6.07) is 9.22. The van der Waals surface area contributed by atoms with Crippen LogP contribution in [0.2, 0.25) is 0 Å². The minimum Gasteiger partial charge on any atom is -0.315 e. The molecule has 21 heavy (non-hydrogen) atoms. The number of aromatic nitrogens is 2. The van der Waals surface area contributed by atoms with Crippen molar-refractivity contribution in [1.29, 1.82) is 0 Å². The normalized spacial score (nSPS) is 17.4. The van der Waals surface area contributed by atoms with Gasteiger partial charge < -0.3 is 5.32 Å². The van der Waals surface area contributed by atoms with E-state index in [4.69, 9.17) is 0 Å². The molecule has 1 aromatic heterocycles. The molecule has 0 aliphatic carbocycles. The summed E-state index contributed by atoms with van der Waals surface area (Å²) in [6.07, 6.45) is 3.25. The van der Waals surface area contributed by atoms with Crippen molar-refractivity contribution in [3.05, 3.63) is 39.8 Å². The summed E-state index contributed by atoms with van der Waals surface area (Å²) in [7, 11) is 0. The third kappa shape index (κ3) is 3.84. The van der Waals surface area contributed by atoms with E-state index >= 15 is 0 Å². The van der Waals surface area contributed by atoms with E-state index in [9.17, 15) is 0 Å². The molecule has 1 aliphatic heterocycles. The fourth-order valence-corrected chi connectivity index (χ4v) is 4.78. The van der Waals surface area contributed by atoms with Crippen LogP contribution in [0.3, 0.4) is 0 Å². The monoisotopic (exact) mass is 319 g/mol. The van der Waals surface area contributed by atoms with Crippen LogP contribution < -0.4 is 5.32 Å². The third-order valence-corrected chi connectivity index (χ3v) is 6.10. The Bertz CT molecular complexity index is 570. The van der Waals surface area contributed by atoms with E-state index in [1.807, 2.05) is 11.8 Å². The van der Waals surface area contributed by atoms with Gasteiger partial charge in [0.1, 0.15) is 10.0 Å². The lowest BCUT2D eigenvalue weighted by Crippen LogP contribution is -2.23. The number of hydrogen-bond acceptors (Lipinski definition) is 5. The average molecular weight is 319 g/mol. The van der Waals surface area contributed by atoms with Gasteiger partial charge >= 0.3 is 0 Å². The summed E-state index contributed by atoms with van der Waals surface area (Å²) in [5.74, 6) is 0. The van der Waals surface area contributed by atoms with Crippen LogP contribution in [-0.4, -0.2) is 22.8 Å². The topological polar surface area (TPSA) is 37.8 Å². The fourth-order valence-electron chi connectivity index (χ4n) is 2.45. The first-order valence-electron chi connectivity index (χ1n) is 7.52. The summed E-state index contributed by atoms with van der Waals surface area (Å²) >= 11 is 3.72. The van der Waals surface area contributed by atoms with Crippen LogP contribution in [0.15, 0.2) is 29.2 Å². The van der Waals surface area contributed by atoms with Gasteiger partial charge in [-0.05, 0) is 31.0 Å². The maximum atomic E-state index is 4.42. The quantitative estimate of drug-likeness (QED) is 0.821. The molecule has 0 radical (unpaired) electrons. The molecule has 1 aromatic carbocycles. The Morgan fingerprint density at radius 1 is 1.29 bits per heavy atom. The Morgan fingerprint density at radius 2 is 2.14 bits per heavy atom. The van der Waals surface area contributed by atoms with Crippen LogP contribution in [0.1, 0.15) is 41.1 Å². The highest BCUT2D eigenvalue weighted by Crippen LogP contribution is 2.46. The fraction of sp³-hybridized carbons (Fsp3) is 0.500. The number of nitrogens with one attached hydrogen (secondary N) is 1. The minimum atomic E-state index is 0.461. The molecule has 2 heterocycles. The van der Waals surface area contributed by atoms with Crippen molar-refractivity contribution in [3.63, 3.8) is 0 Å². The molecule has 1 unspecified atom stereocenters. The maximum absolute atomic E-state index is 4.42. The molecule has 0 saturated heterocycles. The van der Waals surface area contributed by atoms with Crippen molar-refractivity contribution in [2.24, 2.45) is 0 Å². The van der Waals surface area contributed by atoms with Crippen LogP contribution >= 0.6 is 23.1 Å². The number of fused-ring (bicyclic) bond motifs is 1. The van der Waals surface area contributed by atoms with E-state index in [2.05, 4.69) is 53.6 Å². The van der Waals surface area contributed by atoms with Crippen molar-refractivity contribution < 1.29 is 0 Å². The van der Waals surface area contributed by atoms with E-state index in [1.165, 1.54) is 20.5 Å². The number of rotatable bonds is 6. The van der Waals surface area contributed by atoms with Crippen molar-refractivity contribution in [1.82, 2.24) is 15.5 Å². The van der Waals surface area contributed by atoms with Crippen LogP contribution in [0, 0.1) is 0 Å². The van der Waals surface area contributed by atoms with Crippen molar-refractivity contribution >= 4 is 23.1 Å². The summed E-state index contributed by atoms with van der Waals surface area (Å²) in [6.45, 7) is 5.41. The Hall–Kier alpha value is -0.910. The largest absolute Gasteiger partial charge is 0.315 e. The molecular formula is C16H21N3S2. The Morgan fingerprint density at radius 3 is 2.95 bits per heavy atom. The molecule has 0 bridgehead atoms. The van der Waals surface area contributed by atoms with E-state index in [-0.39, 0.29) is 0 Å². The first kappa shape index (κ1) is 15.0. The van der Waals surface area contributed by atoms with Crippen LogP contribution in [-0.2, 0) is 12.8 Å². The second kappa shape index (κ2) is 6.90. The molecule has 0 amide bonds. The van der Waals surface area contributed by atoms with Crippen molar-refractivity contribution in [2.45, 2.75) is 49.3 Å². The molecule has 1 N–H and O–H groups in total. The number of nitrogens with zero attached hydrogens (tertiary/aromatic N) is 2. The number of hydrogen-bond donors (Lipinski definition) is 1. The zero-order valence-corrected chi connectivity index (χ0v) is 14.1. The summed E-state index contributed by atoms with van der Waals surface area (Å²) in [5, 5.41) is 15.0. The Balaban J connectivity index is 1.54. The predicted octanol–water partition coefficient (Wildman–Crippen LogP) is 3.86. The summed E-state index contributed by atoms with van der Waals surface area (Å²) < 4.78 is 0. The lowest BCUT2D eigenvalue weighted by molar-refractivity contribution is 0.569. The lowest BCUT2D eigenvalue weighted by Gasteiger charge is -2.06. The lowest BCUT2D eigenvalue weighted by atomic mass is 10.1. The van der Waals surface area contributed by atoms with E-state index in [0.29, 0.717) is 11.3 Å². The van der Waals surface area contributed by atoms with E-state index in [0.717, 1.165) is 25.8 Å². The minimum absolute atomic E-state index is 0.461. The first-order chi connectivity index (χ1) is 10.2. The molecular weight excluding hydrogens is 298 g/mol. The van der Waals surface area contributed by atoms with Gasteiger partial charge in [0.15, 0.2) is 0 Å². The molecule has 1 aliphatic rings. The van der Waals surface area contributed by atoms with Gasteiger partial charge in [-0.15, -0.1) is 33.3 Å². The second-order valence-electron chi connectivity index (χ2n) is 5.66. The van der Waals surface area contributed by atoms with Gasteiger partial charge in [0.2, 0.25) is 0 Å².